The van der Waals surface area contributed by atoms with Crippen LogP contribution in [0.3, 0.4) is 0 Å². The van der Waals surface area contributed by atoms with E-state index in [1.165, 1.54) is 27.9 Å². The Balaban J connectivity index is 1.78. The van der Waals surface area contributed by atoms with Gasteiger partial charge in [-0.05, 0) is 60.8 Å². The molecule has 1 atom stereocenters. The number of amides is 1. The lowest BCUT2D eigenvalue weighted by Gasteiger charge is -2.18. The fourth-order valence-corrected chi connectivity index (χ4v) is 4.98. The number of esters is 1. The predicted molar refractivity (Wildman–Crippen MR) is 120 cm³/mol. The Bertz CT molecular complexity index is 909. The smallest absolute Gasteiger partial charge is 0.341 e. The molecule has 3 rings (SSSR count). The van der Waals surface area contributed by atoms with Crippen LogP contribution in [0.4, 0.5) is 5.00 Å². The van der Waals surface area contributed by atoms with Crippen LogP contribution in [0.1, 0.15) is 72.0 Å². The summed E-state index contributed by atoms with van der Waals surface area (Å²) in [6.45, 7) is 8.64. The number of anilines is 1. The van der Waals surface area contributed by atoms with E-state index < -0.39 is 0 Å². The monoisotopic (exact) mass is 411 g/mol. The fourth-order valence-electron chi connectivity index (χ4n) is 3.58. The molecule has 0 saturated heterocycles. The number of fused-ring (bicyclic) bond motifs is 1. The Kier molecular flexibility index (Phi) is 6.91. The zero-order valence-electron chi connectivity index (χ0n) is 17.6. The van der Waals surface area contributed by atoms with Crippen LogP contribution in [0.5, 0.6) is 0 Å². The van der Waals surface area contributed by atoms with E-state index in [4.69, 9.17) is 4.74 Å². The van der Waals surface area contributed by atoms with E-state index in [1.54, 1.807) is 13.0 Å². The SMILES string of the molecule is CCOC(=O)c1c(NC(=O)C=Cc2ccc(C(C)C)cc2)sc2c1CCC(C)C2. The standard InChI is InChI=1S/C24H29NO3S/c1-5-28-24(27)22-19-12-6-16(4)14-20(19)29-23(22)25-21(26)13-9-17-7-10-18(11-8-17)15(2)3/h7-11,13,15-16H,5-6,12,14H2,1-4H3,(H,25,26). The summed E-state index contributed by atoms with van der Waals surface area (Å²) in [5, 5.41) is 3.52. The first kappa shape index (κ1) is 21.3. The Morgan fingerprint density at radius 3 is 2.66 bits per heavy atom. The van der Waals surface area contributed by atoms with Gasteiger partial charge in [-0.2, -0.15) is 0 Å². The summed E-state index contributed by atoms with van der Waals surface area (Å²) in [6, 6.07) is 8.17. The predicted octanol–water partition coefficient (Wildman–Crippen LogP) is 5.82. The molecule has 1 aromatic carbocycles. The van der Waals surface area contributed by atoms with Crippen molar-refractivity contribution in [3.05, 3.63) is 57.5 Å². The summed E-state index contributed by atoms with van der Waals surface area (Å²) in [5.41, 5.74) is 3.83. The van der Waals surface area contributed by atoms with Gasteiger partial charge in [-0.1, -0.05) is 45.0 Å². The van der Waals surface area contributed by atoms with E-state index in [0.717, 1.165) is 30.4 Å². The molecule has 1 aromatic heterocycles. The Labute approximate surface area is 177 Å². The van der Waals surface area contributed by atoms with Gasteiger partial charge in [-0.15, -0.1) is 11.3 Å². The lowest BCUT2D eigenvalue weighted by atomic mass is 9.88. The molecule has 5 heteroatoms. The van der Waals surface area contributed by atoms with Gasteiger partial charge in [0.1, 0.15) is 5.00 Å². The van der Waals surface area contributed by atoms with Crippen LogP contribution in [0.2, 0.25) is 0 Å². The second kappa shape index (κ2) is 9.40. The molecular formula is C24H29NO3S. The highest BCUT2D eigenvalue weighted by atomic mass is 32.1. The van der Waals surface area contributed by atoms with E-state index in [1.807, 2.05) is 12.1 Å². The molecule has 0 spiro atoms. The van der Waals surface area contributed by atoms with Crippen molar-refractivity contribution < 1.29 is 14.3 Å². The normalized spacial score (nSPS) is 16.1. The van der Waals surface area contributed by atoms with Gasteiger partial charge in [-0.25, -0.2) is 4.79 Å². The van der Waals surface area contributed by atoms with E-state index >= 15 is 0 Å². The Morgan fingerprint density at radius 1 is 1.28 bits per heavy atom. The number of hydrogen-bond acceptors (Lipinski definition) is 4. The second-order valence-corrected chi connectivity index (χ2v) is 9.03. The van der Waals surface area contributed by atoms with Crippen molar-refractivity contribution in [2.24, 2.45) is 5.92 Å². The molecule has 0 radical (unpaired) electrons. The summed E-state index contributed by atoms with van der Waals surface area (Å²) >= 11 is 1.51. The summed E-state index contributed by atoms with van der Waals surface area (Å²) in [6.07, 6.45) is 6.16. The quantitative estimate of drug-likeness (QED) is 0.481. The van der Waals surface area contributed by atoms with Gasteiger partial charge >= 0.3 is 5.97 Å². The highest BCUT2D eigenvalue weighted by molar-refractivity contribution is 7.17. The molecule has 1 heterocycles. The van der Waals surface area contributed by atoms with Gasteiger partial charge in [0.2, 0.25) is 5.91 Å². The maximum atomic E-state index is 12.5. The minimum atomic E-state index is -0.344. The minimum Gasteiger partial charge on any atom is -0.462 e. The van der Waals surface area contributed by atoms with Crippen LogP contribution >= 0.6 is 11.3 Å². The average molecular weight is 412 g/mol. The second-order valence-electron chi connectivity index (χ2n) is 7.92. The van der Waals surface area contributed by atoms with Gasteiger partial charge in [0.25, 0.3) is 0 Å². The highest BCUT2D eigenvalue weighted by Gasteiger charge is 2.28. The molecule has 0 bridgehead atoms. The summed E-state index contributed by atoms with van der Waals surface area (Å²) < 4.78 is 5.26. The van der Waals surface area contributed by atoms with Crippen molar-refractivity contribution in [2.45, 2.75) is 52.9 Å². The zero-order valence-corrected chi connectivity index (χ0v) is 18.4. The van der Waals surface area contributed by atoms with Crippen molar-refractivity contribution in [1.29, 1.82) is 0 Å². The molecule has 1 aliphatic carbocycles. The maximum Gasteiger partial charge on any atom is 0.341 e. The molecule has 0 fully saturated rings. The van der Waals surface area contributed by atoms with Crippen molar-refractivity contribution in [3.8, 4) is 0 Å². The molecule has 29 heavy (non-hydrogen) atoms. The molecule has 0 aliphatic heterocycles. The third-order valence-corrected chi connectivity index (χ3v) is 6.43. The molecule has 1 unspecified atom stereocenters. The number of rotatable bonds is 6. The number of nitrogens with one attached hydrogen (secondary N) is 1. The topological polar surface area (TPSA) is 55.4 Å². The molecule has 1 aliphatic rings. The lowest BCUT2D eigenvalue weighted by molar-refractivity contribution is -0.111. The number of ether oxygens (including phenoxy) is 1. The van der Waals surface area contributed by atoms with Gasteiger partial charge < -0.3 is 10.1 Å². The first-order valence-electron chi connectivity index (χ1n) is 10.3. The minimum absolute atomic E-state index is 0.241. The highest BCUT2D eigenvalue weighted by Crippen LogP contribution is 2.40. The number of thiophene rings is 1. The van der Waals surface area contributed by atoms with Gasteiger partial charge in [0.05, 0.1) is 12.2 Å². The lowest BCUT2D eigenvalue weighted by Crippen LogP contribution is -2.15. The largest absolute Gasteiger partial charge is 0.462 e. The van der Waals surface area contributed by atoms with Crippen LogP contribution in [-0.2, 0) is 22.4 Å². The Morgan fingerprint density at radius 2 is 2.00 bits per heavy atom. The number of carbonyl (C=O) groups excluding carboxylic acids is 2. The summed E-state index contributed by atoms with van der Waals surface area (Å²) in [4.78, 5) is 26.3. The van der Waals surface area contributed by atoms with Crippen LogP contribution < -0.4 is 5.32 Å². The molecule has 1 amide bonds. The van der Waals surface area contributed by atoms with E-state index in [-0.39, 0.29) is 11.9 Å². The molecule has 0 saturated carbocycles. The van der Waals surface area contributed by atoms with Crippen LogP contribution in [0.15, 0.2) is 30.3 Å². The summed E-state index contributed by atoms with van der Waals surface area (Å²) in [7, 11) is 0. The third kappa shape index (κ3) is 5.15. The maximum absolute atomic E-state index is 12.5. The summed E-state index contributed by atoms with van der Waals surface area (Å²) in [5.74, 6) is 0.483. The van der Waals surface area contributed by atoms with Crippen molar-refractivity contribution >= 4 is 34.3 Å². The average Bonchev–Trinajstić information content (AvgIpc) is 3.03. The number of carbonyl (C=O) groups is 2. The zero-order chi connectivity index (χ0) is 21.0. The molecule has 154 valence electrons. The molecule has 2 aromatic rings. The van der Waals surface area contributed by atoms with E-state index in [0.29, 0.717) is 29.0 Å². The van der Waals surface area contributed by atoms with E-state index in [2.05, 4.69) is 38.2 Å². The first-order valence-corrected chi connectivity index (χ1v) is 11.1. The van der Waals surface area contributed by atoms with Crippen molar-refractivity contribution in [1.82, 2.24) is 0 Å². The third-order valence-electron chi connectivity index (χ3n) is 5.26. The van der Waals surface area contributed by atoms with Crippen molar-refractivity contribution in [3.63, 3.8) is 0 Å². The van der Waals surface area contributed by atoms with E-state index in [9.17, 15) is 9.59 Å². The van der Waals surface area contributed by atoms with Gasteiger partial charge in [0.15, 0.2) is 0 Å². The Hall–Kier alpha value is -2.40. The number of benzene rings is 1. The fraction of sp³-hybridized carbons (Fsp3) is 0.417. The van der Waals surface area contributed by atoms with Crippen molar-refractivity contribution in [2.75, 3.05) is 11.9 Å². The van der Waals surface area contributed by atoms with Gasteiger partial charge in [-0.3, -0.25) is 4.79 Å². The molecule has 1 N–H and O–H groups in total. The van der Waals surface area contributed by atoms with Crippen LogP contribution in [0, 0.1) is 5.92 Å². The first-order chi connectivity index (χ1) is 13.9. The molecular weight excluding hydrogens is 382 g/mol. The number of hydrogen-bond donors (Lipinski definition) is 1. The van der Waals surface area contributed by atoms with Crippen LogP contribution in [-0.4, -0.2) is 18.5 Å². The van der Waals surface area contributed by atoms with Gasteiger partial charge in [0, 0.05) is 11.0 Å². The molecule has 4 nitrogen and oxygen atoms in total. The van der Waals surface area contributed by atoms with Crippen LogP contribution in [0.25, 0.3) is 6.08 Å².